The zero-order valence-electron chi connectivity index (χ0n) is 45.6. The van der Waals surface area contributed by atoms with Crippen LogP contribution in [0.4, 0.5) is 0 Å². The maximum absolute atomic E-state index is 14.0. The molecular formula is C61H77ClO11S. The minimum Gasteiger partial charge on any atom is -0.497 e. The summed E-state index contributed by atoms with van der Waals surface area (Å²) in [4.78, 5) is 67.0. The van der Waals surface area contributed by atoms with Crippen LogP contribution in [-0.4, -0.2) is 50.5 Å². The molecule has 0 aliphatic heterocycles. The number of rotatable bonds is 19. The summed E-state index contributed by atoms with van der Waals surface area (Å²) in [6.07, 6.45) is 9.27. The largest absolute Gasteiger partial charge is 0.497 e. The van der Waals surface area contributed by atoms with Crippen molar-refractivity contribution in [2.75, 3.05) is 20.8 Å². The van der Waals surface area contributed by atoms with Gasteiger partial charge in [0.2, 0.25) is 0 Å². The van der Waals surface area contributed by atoms with Gasteiger partial charge in [0.15, 0.2) is 5.78 Å². The number of carbonyl (C=O) groups excluding carboxylic acids is 5. The van der Waals surface area contributed by atoms with E-state index in [1.807, 2.05) is 18.2 Å². The minimum atomic E-state index is -0.403. The molecule has 74 heavy (non-hydrogen) atoms. The second-order valence-corrected chi connectivity index (χ2v) is 25.6. The molecule has 0 radical (unpaired) electrons. The van der Waals surface area contributed by atoms with Gasteiger partial charge < -0.3 is 28.4 Å². The van der Waals surface area contributed by atoms with Crippen molar-refractivity contribution in [1.29, 1.82) is 0 Å². The Kier molecular flexibility index (Phi) is 19.1. The first kappa shape index (κ1) is 57.8. The number of methoxy groups -OCH3 is 2. The predicted octanol–water partition coefficient (Wildman–Crippen LogP) is 14.6. The molecule has 3 aromatic carbocycles. The van der Waals surface area contributed by atoms with E-state index in [1.54, 1.807) is 55.7 Å². The third-order valence-corrected chi connectivity index (χ3v) is 15.4. The molecule has 0 spiro atoms. The van der Waals surface area contributed by atoms with Gasteiger partial charge in [-0.1, -0.05) is 93.0 Å². The van der Waals surface area contributed by atoms with E-state index in [4.69, 9.17) is 40.0 Å². The highest BCUT2D eigenvalue weighted by Gasteiger charge is 2.38. The van der Waals surface area contributed by atoms with Gasteiger partial charge in [0.1, 0.15) is 28.7 Å². The third-order valence-electron chi connectivity index (χ3n) is 14.1. The smallest absolute Gasteiger partial charge is 0.314 e. The molecule has 4 aromatic rings. The molecule has 2 aliphatic rings. The van der Waals surface area contributed by atoms with Crippen LogP contribution in [0.5, 0.6) is 28.7 Å². The van der Waals surface area contributed by atoms with Gasteiger partial charge in [0.25, 0.3) is 0 Å². The number of esters is 4. The van der Waals surface area contributed by atoms with E-state index in [2.05, 4.69) is 75.3 Å². The molecule has 0 amide bonds. The van der Waals surface area contributed by atoms with Crippen LogP contribution in [0.1, 0.15) is 165 Å². The van der Waals surface area contributed by atoms with Gasteiger partial charge in [0.05, 0.1) is 53.7 Å². The summed E-state index contributed by atoms with van der Waals surface area (Å²) in [5, 5.41) is 0. The van der Waals surface area contributed by atoms with Crippen molar-refractivity contribution in [2.24, 2.45) is 34.5 Å². The molecule has 13 heteroatoms. The van der Waals surface area contributed by atoms with Gasteiger partial charge in [-0.25, -0.2) is 0 Å². The maximum atomic E-state index is 14.0. The summed E-state index contributed by atoms with van der Waals surface area (Å²) in [5.41, 5.74) is 2.91. The Balaban J connectivity index is 0.947. The van der Waals surface area contributed by atoms with Crippen molar-refractivity contribution in [3.63, 3.8) is 0 Å². The lowest BCUT2D eigenvalue weighted by atomic mass is 9.69. The SMILES string of the molecule is COc1ccc(OC(=O)C2CCC(C(=O)Oc3ccc(CCOC(=O)C4CCC(C(=O)Oc5cc(C(C)(C)CC(C)(C)C)c(OC)cc5C(C)(C)CC(C)(C)C)CC4)cc3)CC2)c(/C=C/C(=O)c2ccc(Cl)s2)c1. The first-order valence-corrected chi connectivity index (χ1v) is 27.2. The Labute approximate surface area is 448 Å². The summed E-state index contributed by atoms with van der Waals surface area (Å²) in [6.45, 7) is 22.4. The quantitative estimate of drug-likeness (QED) is 0.0383. The summed E-state index contributed by atoms with van der Waals surface area (Å²) in [6, 6.07) is 19.6. The summed E-state index contributed by atoms with van der Waals surface area (Å²) in [7, 11) is 3.24. The van der Waals surface area contributed by atoms with Gasteiger partial charge in [-0.3, -0.25) is 24.0 Å². The molecule has 6 rings (SSSR count). The lowest BCUT2D eigenvalue weighted by Crippen LogP contribution is -2.31. The van der Waals surface area contributed by atoms with Crippen molar-refractivity contribution < 1.29 is 52.4 Å². The van der Waals surface area contributed by atoms with Gasteiger partial charge >= 0.3 is 23.9 Å². The van der Waals surface area contributed by atoms with Crippen molar-refractivity contribution >= 4 is 58.7 Å². The van der Waals surface area contributed by atoms with Crippen LogP contribution in [0.25, 0.3) is 6.08 Å². The molecule has 2 saturated carbocycles. The van der Waals surface area contributed by atoms with E-state index < -0.39 is 11.9 Å². The number of carbonyl (C=O) groups is 5. The van der Waals surface area contributed by atoms with E-state index in [-0.39, 0.29) is 69.7 Å². The summed E-state index contributed by atoms with van der Waals surface area (Å²) >= 11 is 7.18. The molecule has 1 heterocycles. The monoisotopic (exact) mass is 1050 g/mol. The van der Waals surface area contributed by atoms with Gasteiger partial charge in [-0.05, 0) is 158 Å². The van der Waals surface area contributed by atoms with Crippen LogP contribution < -0.4 is 23.7 Å². The minimum absolute atomic E-state index is 0.0295. The molecule has 0 bridgehead atoms. The van der Waals surface area contributed by atoms with Gasteiger partial charge in [-0.15, -0.1) is 11.3 Å². The van der Waals surface area contributed by atoms with Gasteiger partial charge in [0, 0.05) is 23.1 Å². The van der Waals surface area contributed by atoms with E-state index in [0.29, 0.717) is 95.6 Å². The van der Waals surface area contributed by atoms with Gasteiger partial charge in [-0.2, -0.15) is 0 Å². The highest BCUT2D eigenvalue weighted by atomic mass is 35.5. The zero-order chi connectivity index (χ0) is 54.2. The normalized spacial score (nSPS) is 18.6. The van der Waals surface area contributed by atoms with Crippen LogP contribution in [0.15, 0.2) is 72.8 Å². The topological polar surface area (TPSA) is 141 Å². The molecule has 11 nitrogen and oxygen atoms in total. The molecule has 0 N–H and O–H groups in total. The van der Waals surface area contributed by atoms with Crippen LogP contribution in [0.2, 0.25) is 4.34 Å². The highest BCUT2D eigenvalue weighted by Crippen LogP contribution is 2.48. The van der Waals surface area contributed by atoms with Crippen LogP contribution in [0.3, 0.4) is 0 Å². The van der Waals surface area contributed by atoms with Crippen molar-refractivity contribution in [2.45, 2.75) is 151 Å². The zero-order valence-corrected chi connectivity index (χ0v) is 47.1. The van der Waals surface area contributed by atoms with Crippen LogP contribution in [-0.2, 0) is 41.2 Å². The Morgan fingerprint density at radius 1 is 0.554 bits per heavy atom. The fourth-order valence-corrected chi connectivity index (χ4v) is 12.1. The molecule has 0 unspecified atom stereocenters. The predicted molar refractivity (Wildman–Crippen MR) is 292 cm³/mol. The fourth-order valence-electron chi connectivity index (χ4n) is 11.1. The summed E-state index contributed by atoms with van der Waals surface area (Å²) in [5.74, 6) is -0.263. The average molecular weight is 1050 g/mol. The van der Waals surface area contributed by atoms with Crippen LogP contribution in [0, 0.1) is 34.5 Å². The lowest BCUT2D eigenvalue weighted by Gasteiger charge is -2.37. The highest BCUT2D eigenvalue weighted by molar-refractivity contribution is 7.18. The molecule has 0 atom stereocenters. The average Bonchev–Trinajstić information content (AvgIpc) is 3.78. The number of hydrogen-bond acceptors (Lipinski definition) is 12. The number of hydrogen-bond donors (Lipinski definition) is 0. The molecule has 0 saturated heterocycles. The van der Waals surface area contributed by atoms with E-state index in [0.717, 1.165) is 35.3 Å². The fraction of sp³-hybridized carbons (Fsp3) is 0.525. The molecule has 2 aliphatic carbocycles. The van der Waals surface area contributed by atoms with Crippen LogP contribution >= 0.6 is 22.9 Å². The number of halogens is 1. The van der Waals surface area contributed by atoms with E-state index in [9.17, 15) is 24.0 Å². The number of allylic oxidation sites excluding steroid dienone is 1. The Hall–Kier alpha value is -5.46. The first-order chi connectivity index (χ1) is 34.7. The second-order valence-electron chi connectivity index (χ2n) is 23.9. The number of ketones is 1. The standard InChI is InChI=1S/C61H77ClO11S/c1-58(2,3)36-60(7,8)46-35-51(47(34-50(46)69-12)61(9,10)37-59(4,5)6)73-57(67)42-17-15-39(16-18-42)54(64)70-32-31-38-13-24-44(25-14-38)71-55(65)40-19-21-41(22-20-40)56(66)72-49-28-26-45(68-11)33-43(49)23-27-48(63)52-29-30-53(62)74-52/h13-14,23-30,33-35,39-42H,15-22,31-32,36-37H2,1-12H3/b27-23+. The Bertz CT molecular complexity index is 2650. The summed E-state index contributed by atoms with van der Waals surface area (Å²) < 4.78 is 35.6. The third kappa shape index (κ3) is 16.0. The first-order valence-electron chi connectivity index (χ1n) is 26.0. The van der Waals surface area contributed by atoms with E-state index in [1.165, 1.54) is 24.5 Å². The van der Waals surface area contributed by atoms with Crippen molar-refractivity contribution in [3.05, 3.63) is 104 Å². The molecule has 400 valence electrons. The van der Waals surface area contributed by atoms with Crippen molar-refractivity contribution in [3.8, 4) is 28.7 Å². The van der Waals surface area contributed by atoms with Crippen molar-refractivity contribution in [1.82, 2.24) is 0 Å². The number of thiophene rings is 1. The number of ether oxygens (including phenoxy) is 6. The second kappa shape index (κ2) is 24.5. The maximum Gasteiger partial charge on any atom is 0.314 e. The number of benzene rings is 3. The molecule has 1 aromatic heterocycles. The Morgan fingerprint density at radius 3 is 1.51 bits per heavy atom. The molecule has 2 fully saturated rings. The Morgan fingerprint density at radius 2 is 1.03 bits per heavy atom. The lowest BCUT2D eigenvalue weighted by molar-refractivity contribution is -0.152. The molecular weight excluding hydrogens is 976 g/mol. The van der Waals surface area contributed by atoms with E-state index >= 15 is 0 Å².